The Morgan fingerprint density at radius 3 is 1.57 bits per heavy atom. The number of halogens is 6. The fourth-order valence-corrected chi connectivity index (χ4v) is 7.06. The summed E-state index contributed by atoms with van der Waals surface area (Å²) in [5.74, 6) is -2.65. The summed E-state index contributed by atoms with van der Waals surface area (Å²) in [6.45, 7) is 1.28. The van der Waals surface area contributed by atoms with Gasteiger partial charge in [-0.25, -0.2) is 16.8 Å². The lowest BCUT2D eigenvalue weighted by Gasteiger charge is -2.30. The van der Waals surface area contributed by atoms with Gasteiger partial charge in [-0.15, -0.1) is 0 Å². The van der Waals surface area contributed by atoms with Crippen LogP contribution in [0.1, 0.15) is 39.0 Å². The van der Waals surface area contributed by atoms with E-state index in [1.807, 2.05) is 0 Å². The Hall–Kier alpha value is -0.520. The van der Waals surface area contributed by atoms with Gasteiger partial charge in [0.25, 0.3) is 19.7 Å². The van der Waals surface area contributed by atoms with Crippen LogP contribution in [0.5, 0.6) is 0 Å². The highest BCUT2D eigenvalue weighted by Crippen LogP contribution is 2.44. The molecule has 2 unspecified atom stereocenters. The lowest BCUT2D eigenvalue weighted by molar-refractivity contribution is -0.0483. The van der Waals surface area contributed by atoms with Crippen molar-refractivity contribution in [3.8, 4) is 0 Å². The molecule has 0 aliphatic heterocycles. The summed E-state index contributed by atoms with van der Waals surface area (Å²) in [6, 6.07) is 0. The second-order valence-electron chi connectivity index (χ2n) is 5.63. The summed E-state index contributed by atoms with van der Waals surface area (Å²) in [5, 5.41) is 0. The third-order valence-electron chi connectivity index (χ3n) is 4.03. The third-order valence-corrected chi connectivity index (χ3v) is 8.77. The van der Waals surface area contributed by atoms with Crippen molar-refractivity contribution < 1.29 is 43.2 Å². The molecule has 138 valence electrons. The lowest BCUT2D eigenvalue weighted by atomic mass is 9.91. The molecule has 0 aromatic carbocycles. The van der Waals surface area contributed by atoms with E-state index in [4.69, 9.17) is 0 Å². The van der Waals surface area contributed by atoms with E-state index in [1.165, 1.54) is 6.92 Å². The Balaban J connectivity index is 3.57. The number of sulfone groups is 2. The molecule has 1 aliphatic rings. The zero-order valence-electron chi connectivity index (χ0n) is 12.0. The second kappa shape index (κ2) is 6.41. The van der Waals surface area contributed by atoms with E-state index >= 15 is 0 Å². The fourth-order valence-electron chi connectivity index (χ4n) is 2.82. The molecular weight excluding hydrogens is 374 g/mol. The normalized spacial score (nSPS) is 25.4. The summed E-state index contributed by atoms with van der Waals surface area (Å²) in [7, 11) is -13.1. The molecule has 1 rings (SSSR count). The molecule has 1 aliphatic carbocycles. The average Bonchev–Trinajstić information content (AvgIpc) is 2.52. The second-order valence-corrected chi connectivity index (χ2v) is 10.0. The van der Waals surface area contributed by atoms with Gasteiger partial charge < -0.3 is 0 Å². The first kappa shape index (κ1) is 20.5. The largest absolute Gasteiger partial charge is 0.498 e. The number of alkyl halides is 6. The maximum absolute atomic E-state index is 12.8. The first-order valence-electron chi connectivity index (χ1n) is 6.74. The Bertz CT molecular complexity index is 576. The van der Waals surface area contributed by atoms with Crippen LogP contribution in [0.3, 0.4) is 0 Å². The van der Waals surface area contributed by atoms with Crippen LogP contribution >= 0.6 is 0 Å². The molecule has 0 saturated heterocycles. The summed E-state index contributed by atoms with van der Waals surface area (Å²) in [4.78, 5) is 0. The summed E-state index contributed by atoms with van der Waals surface area (Å²) >= 11 is 0. The highest BCUT2D eigenvalue weighted by molar-refractivity contribution is 8.09. The Morgan fingerprint density at radius 1 is 0.783 bits per heavy atom. The van der Waals surface area contributed by atoms with Crippen LogP contribution < -0.4 is 0 Å². The van der Waals surface area contributed by atoms with E-state index in [-0.39, 0.29) is 19.3 Å². The Labute approximate surface area is 130 Å². The fraction of sp³-hybridized carbons (Fsp3) is 1.00. The van der Waals surface area contributed by atoms with Gasteiger partial charge in [0.15, 0.2) is 4.58 Å². The summed E-state index contributed by atoms with van der Waals surface area (Å²) in [5.41, 5.74) is -12.2. The molecule has 4 nitrogen and oxygen atoms in total. The molecule has 0 aromatic heterocycles. The van der Waals surface area contributed by atoms with Crippen molar-refractivity contribution in [1.82, 2.24) is 0 Å². The predicted molar refractivity (Wildman–Crippen MR) is 69.5 cm³/mol. The van der Waals surface area contributed by atoms with Crippen LogP contribution in [0.2, 0.25) is 0 Å². The maximum Gasteiger partial charge on any atom is 0.498 e. The quantitative estimate of drug-likeness (QED) is 0.547. The molecule has 0 spiro atoms. The van der Waals surface area contributed by atoms with E-state index < -0.39 is 47.1 Å². The zero-order valence-corrected chi connectivity index (χ0v) is 13.6. The molecule has 2 atom stereocenters. The first-order chi connectivity index (χ1) is 10.1. The topological polar surface area (TPSA) is 68.3 Å². The van der Waals surface area contributed by atoms with E-state index in [0.29, 0.717) is 12.8 Å². The minimum absolute atomic E-state index is 0.169. The molecule has 0 N–H and O–H groups in total. The lowest BCUT2D eigenvalue weighted by Crippen LogP contribution is -2.50. The van der Waals surface area contributed by atoms with Crippen molar-refractivity contribution in [2.75, 3.05) is 0 Å². The van der Waals surface area contributed by atoms with Crippen LogP contribution in [-0.4, -0.2) is 32.4 Å². The van der Waals surface area contributed by atoms with Gasteiger partial charge in [0, 0.05) is 0 Å². The standard InChI is InChI=1S/C11H16F6O4S2/c1-7-5-3-2-4-6-8(7)9(22(18,19)10(12,13)14)23(20,21)11(15,16)17/h7-9H,2-6H2,1H3. The summed E-state index contributed by atoms with van der Waals surface area (Å²) < 4.78 is 119. The molecule has 0 heterocycles. The molecular formula is C11H16F6O4S2. The monoisotopic (exact) mass is 390 g/mol. The first-order valence-corrected chi connectivity index (χ1v) is 9.83. The van der Waals surface area contributed by atoms with Crippen LogP contribution in [0.25, 0.3) is 0 Å². The molecule has 0 aromatic rings. The van der Waals surface area contributed by atoms with Crippen LogP contribution in [0.4, 0.5) is 26.3 Å². The minimum atomic E-state index is -6.54. The van der Waals surface area contributed by atoms with E-state index in [9.17, 15) is 43.2 Å². The van der Waals surface area contributed by atoms with Gasteiger partial charge in [-0.3, -0.25) is 0 Å². The average molecular weight is 390 g/mol. The van der Waals surface area contributed by atoms with E-state index in [0.717, 1.165) is 0 Å². The SMILES string of the molecule is CC1CCCCCC1C(S(=O)(=O)C(F)(F)F)S(=O)(=O)C(F)(F)F. The molecule has 0 amide bonds. The number of rotatable bonds is 3. The predicted octanol–water partition coefficient (Wildman–Crippen LogP) is 3.40. The molecule has 1 fully saturated rings. The number of hydrogen-bond donors (Lipinski definition) is 0. The summed E-state index contributed by atoms with van der Waals surface area (Å²) in [6.07, 6.45) is 0.999. The Kier molecular flexibility index (Phi) is 5.72. The van der Waals surface area contributed by atoms with Gasteiger partial charge in [0.2, 0.25) is 0 Å². The molecule has 1 saturated carbocycles. The van der Waals surface area contributed by atoms with Crippen molar-refractivity contribution in [2.24, 2.45) is 11.8 Å². The van der Waals surface area contributed by atoms with Gasteiger partial charge in [0.1, 0.15) is 0 Å². The molecule has 23 heavy (non-hydrogen) atoms. The van der Waals surface area contributed by atoms with Crippen LogP contribution in [0.15, 0.2) is 0 Å². The van der Waals surface area contributed by atoms with Crippen molar-refractivity contribution >= 4 is 19.7 Å². The van der Waals surface area contributed by atoms with Crippen LogP contribution in [0, 0.1) is 11.8 Å². The zero-order chi connectivity index (χ0) is 18.3. The Morgan fingerprint density at radius 2 is 1.17 bits per heavy atom. The number of hydrogen-bond acceptors (Lipinski definition) is 4. The van der Waals surface area contributed by atoms with Gasteiger partial charge in [-0.2, -0.15) is 26.3 Å². The van der Waals surface area contributed by atoms with Gasteiger partial charge in [0.05, 0.1) is 0 Å². The highest BCUT2D eigenvalue weighted by atomic mass is 32.3. The van der Waals surface area contributed by atoms with E-state index in [1.54, 1.807) is 0 Å². The highest BCUT2D eigenvalue weighted by Gasteiger charge is 2.65. The van der Waals surface area contributed by atoms with Gasteiger partial charge >= 0.3 is 11.0 Å². The van der Waals surface area contributed by atoms with Crippen molar-refractivity contribution in [3.63, 3.8) is 0 Å². The molecule has 12 heteroatoms. The maximum atomic E-state index is 12.8. The van der Waals surface area contributed by atoms with Gasteiger partial charge in [-0.1, -0.05) is 32.6 Å². The van der Waals surface area contributed by atoms with Crippen LogP contribution in [-0.2, 0) is 19.7 Å². The van der Waals surface area contributed by atoms with E-state index in [2.05, 4.69) is 0 Å². The third kappa shape index (κ3) is 3.94. The molecule has 0 radical (unpaired) electrons. The minimum Gasteiger partial charge on any atom is -0.218 e. The smallest absolute Gasteiger partial charge is 0.218 e. The molecule has 0 bridgehead atoms. The van der Waals surface area contributed by atoms with Crippen molar-refractivity contribution in [1.29, 1.82) is 0 Å². The van der Waals surface area contributed by atoms with Crippen molar-refractivity contribution in [3.05, 3.63) is 0 Å². The van der Waals surface area contributed by atoms with Crippen molar-refractivity contribution in [2.45, 2.75) is 54.6 Å². The van der Waals surface area contributed by atoms with Gasteiger partial charge in [-0.05, 0) is 18.3 Å².